The third kappa shape index (κ3) is 41.2. The molecule has 0 aromatic carbocycles. The second-order valence-corrected chi connectivity index (χ2v) is 17.6. The predicted molar refractivity (Wildman–Crippen MR) is 238 cm³/mol. The van der Waals surface area contributed by atoms with Crippen LogP contribution in [-0.2, 0) is 32.7 Å². The average molecular weight is 845 g/mol. The summed E-state index contributed by atoms with van der Waals surface area (Å²) < 4.78 is 32.6. The number of esters is 2. The van der Waals surface area contributed by atoms with E-state index in [-0.39, 0.29) is 12.8 Å². The smallest absolute Gasteiger partial charge is 0.457 e. The molecule has 0 aliphatic carbocycles. The summed E-state index contributed by atoms with van der Waals surface area (Å²) in [6, 6.07) is 0. The number of phosphoric ester groups is 1. The molecule has 3 unspecified atom stereocenters. The van der Waals surface area contributed by atoms with Crippen molar-refractivity contribution in [3.05, 3.63) is 24.3 Å². The van der Waals surface area contributed by atoms with Gasteiger partial charge in [0.2, 0.25) is 0 Å². The van der Waals surface area contributed by atoms with Crippen molar-refractivity contribution in [3.63, 3.8) is 0 Å². The fourth-order valence-corrected chi connectivity index (χ4v) is 7.52. The van der Waals surface area contributed by atoms with E-state index >= 15 is 0 Å². The minimum absolute atomic E-state index is 0.190. The Morgan fingerprint density at radius 3 is 1.07 bits per heavy atom. The van der Waals surface area contributed by atoms with Gasteiger partial charge in [-0.3, -0.25) is 18.6 Å². The third-order valence-electron chi connectivity index (χ3n) is 10.4. The average Bonchev–Trinajstić information content (AvgIpc) is 3.21. The summed E-state index contributed by atoms with van der Waals surface area (Å²) in [5.74, 6) is -1.01. The maximum atomic E-state index is 12.4. The molecule has 0 spiro atoms. The SMILES string of the molecule is CCCCCCC/C=C\C/C=C\CCCCCCCCCCCC(=O)OC(CO)COP(=O)(O)OCC(CO)OC(=O)CCCCCCCCCCCCCCCC. The van der Waals surface area contributed by atoms with E-state index in [1.165, 1.54) is 135 Å². The molecular formula is C47H89O10P. The molecule has 0 amide bonds. The van der Waals surface area contributed by atoms with Crippen LogP contribution in [0.3, 0.4) is 0 Å². The summed E-state index contributed by atoms with van der Waals surface area (Å²) in [4.78, 5) is 34.6. The normalized spacial score (nSPS) is 13.9. The van der Waals surface area contributed by atoms with Gasteiger partial charge in [0.15, 0.2) is 0 Å². The van der Waals surface area contributed by atoms with Crippen molar-refractivity contribution in [1.82, 2.24) is 0 Å². The molecule has 342 valence electrons. The molecule has 0 aromatic heterocycles. The summed E-state index contributed by atoms with van der Waals surface area (Å²) in [5, 5.41) is 19.2. The topological polar surface area (TPSA) is 149 Å². The highest BCUT2D eigenvalue weighted by Crippen LogP contribution is 2.43. The monoisotopic (exact) mass is 845 g/mol. The van der Waals surface area contributed by atoms with E-state index in [2.05, 4.69) is 38.2 Å². The van der Waals surface area contributed by atoms with Crippen molar-refractivity contribution < 1.29 is 47.8 Å². The van der Waals surface area contributed by atoms with Gasteiger partial charge in [0.25, 0.3) is 0 Å². The number of unbranched alkanes of at least 4 members (excludes halogenated alkanes) is 27. The zero-order chi connectivity index (χ0) is 42.6. The van der Waals surface area contributed by atoms with Crippen molar-refractivity contribution in [3.8, 4) is 0 Å². The molecule has 10 nitrogen and oxygen atoms in total. The Bertz CT molecular complexity index is 1020. The highest BCUT2D eigenvalue weighted by molar-refractivity contribution is 7.47. The lowest BCUT2D eigenvalue weighted by Crippen LogP contribution is -2.28. The van der Waals surface area contributed by atoms with Crippen molar-refractivity contribution in [2.75, 3.05) is 26.4 Å². The summed E-state index contributed by atoms with van der Waals surface area (Å²) in [7, 11) is -4.64. The van der Waals surface area contributed by atoms with Crippen molar-refractivity contribution in [1.29, 1.82) is 0 Å². The number of aliphatic hydroxyl groups excluding tert-OH is 2. The number of rotatable bonds is 45. The van der Waals surface area contributed by atoms with Gasteiger partial charge in [-0.2, -0.15) is 0 Å². The third-order valence-corrected chi connectivity index (χ3v) is 11.4. The zero-order valence-corrected chi connectivity index (χ0v) is 38.2. The number of hydrogen-bond donors (Lipinski definition) is 3. The van der Waals surface area contributed by atoms with Crippen LogP contribution >= 0.6 is 7.82 Å². The minimum atomic E-state index is -4.64. The first-order valence-electron chi connectivity index (χ1n) is 23.8. The lowest BCUT2D eigenvalue weighted by atomic mass is 10.0. The lowest BCUT2D eigenvalue weighted by molar-refractivity contribution is -0.153. The summed E-state index contributed by atoms with van der Waals surface area (Å²) in [5.41, 5.74) is 0. The van der Waals surface area contributed by atoms with E-state index < -0.39 is 58.4 Å². The van der Waals surface area contributed by atoms with E-state index in [1.54, 1.807) is 0 Å². The number of aliphatic hydroxyl groups is 2. The van der Waals surface area contributed by atoms with Crippen LogP contribution in [0, 0.1) is 0 Å². The number of allylic oxidation sites excluding steroid dienone is 4. The van der Waals surface area contributed by atoms with Crippen LogP contribution in [0.1, 0.15) is 226 Å². The second-order valence-electron chi connectivity index (χ2n) is 16.1. The first-order valence-corrected chi connectivity index (χ1v) is 25.3. The van der Waals surface area contributed by atoms with Gasteiger partial charge in [0, 0.05) is 12.8 Å². The molecule has 3 atom stereocenters. The molecule has 0 fully saturated rings. The number of carbonyl (C=O) groups excluding carboxylic acids is 2. The van der Waals surface area contributed by atoms with E-state index in [1.807, 2.05) is 0 Å². The van der Waals surface area contributed by atoms with Crippen LogP contribution in [0.5, 0.6) is 0 Å². The Kier molecular flexibility index (Phi) is 42.4. The summed E-state index contributed by atoms with van der Waals surface area (Å²) in [6.45, 7) is 2.22. The summed E-state index contributed by atoms with van der Waals surface area (Å²) >= 11 is 0. The molecule has 11 heteroatoms. The van der Waals surface area contributed by atoms with E-state index in [9.17, 15) is 29.3 Å². The Morgan fingerprint density at radius 1 is 0.466 bits per heavy atom. The van der Waals surface area contributed by atoms with E-state index in [0.29, 0.717) is 12.8 Å². The summed E-state index contributed by atoms with van der Waals surface area (Å²) in [6.07, 6.45) is 44.3. The highest BCUT2D eigenvalue weighted by atomic mass is 31.2. The van der Waals surface area contributed by atoms with Gasteiger partial charge < -0.3 is 24.6 Å². The minimum Gasteiger partial charge on any atom is -0.457 e. The van der Waals surface area contributed by atoms with Crippen LogP contribution in [0.15, 0.2) is 24.3 Å². The first-order chi connectivity index (χ1) is 28.3. The molecule has 3 N–H and O–H groups in total. The van der Waals surface area contributed by atoms with Crippen LogP contribution in [0.4, 0.5) is 0 Å². The Balaban J connectivity index is 3.86. The van der Waals surface area contributed by atoms with Crippen LogP contribution < -0.4 is 0 Å². The molecule has 58 heavy (non-hydrogen) atoms. The van der Waals surface area contributed by atoms with E-state index in [4.69, 9.17) is 18.5 Å². The van der Waals surface area contributed by atoms with E-state index in [0.717, 1.165) is 51.4 Å². The van der Waals surface area contributed by atoms with Gasteiger partial charge >= 0.3 is 19.8 Å². The largest absolute Gasteiger partial charge is 0.472 e. The van der Waals surface area contributed by atoms with Crippen LogP contribution in [0.25, 0.3) is 0 Å². The lowest BCUT2D eigenvalue weighted by Gasteiger charge is -2.20. The molecule has 0 bridgehead atoms. The van der Waals surface area contributed by atoms with Crippen LogP contribution in [0.2, 0.25) is 0 Å². The molecule has 0 aliphatic heterocycles. The van der Waals surface area contributed by atoms with Gasteiger partial charge in [-0.25, -0.2) is 4.57 Å². The molecule has 0 aromatic rings. The maximum Gasteiger partial charge on any atom is 0.472 e. The number of ether oxygens (including phenoxy) is 2. The molecule has 0 heterocycles. The molecule has 0 radical (unpaired) electrons. The predicted octanol–water partition coefficient (Wildman–Crippen LogP) is 13.0. The number of carbonyl (C=O) groups is 2. The quantitative estimate of drug-likeness (QED) is 0.0234. The Labute approximate surface area is 355 Å². The Morgan fingerprint density at radius 2 is 0.759 bits per heavy atom. The zero-order valence-electron chi connectivity index (χ0n) is 37.3. The van der Waals surface area contributed by atoms with Gasteiger partial charge in [0.1, 0.15) is 12.2 Å². The van der Waals surface area contributed by atoms with Crippen molar-refractivity contribution in [2.45, 2.75) is 238 Å². The van der Waals surface area contributed by atoms with Gasteiger partial charge in [-0.05, 0) is 44.9 Å². The second kappa shape index (κ2) is 43.5. The molecule has 0 aliphatic rings. The van der Waals surface area contributed by atoms with Gasteiger partial charge in [-0.1, -0.05) is 192 Å². The van der Waals surface area contributed by atoms with Crippen molar-refractivity contribution in [2.24, 2.45) is 0 Å². The standard InChI is InChI=1S/C47H89O10P/c1-3-5-7-9-11-13-15-17-19-20-21-22-23-24-25-27-29-31-33-35-37-39-47(51)57-45(41-49)43-55-58(52,53)54-42-44(40-48)56-46(50)38-36-34-32-30-28-26-18-16-14-12-10-8-6-4-2/h15,17,20-21,44-45,48-49H,3-14,16,18-19,22-43H2,1-2H3,(H,52,53)/b17-15-,21-20-. The van der Waals surface area contributed by atoms with Crippen molar-refractivity contribution >= 4 is 19.8 Å². The number of hydrogen-bond acceptors (Lipinski definition) is 9. The van der Waals surface area contributed by atoms with Gasteiger partial charge in [-0.15, -0.1) is 0 Å². The fourth-order valence-electron chi connectivity index (χ4n) is 6.73. The van der Waals surface area contributed by atoms with Gasteiger partial charge in [0.05, 0.1) is 26.4 Å². The molecule has 0 saturated heterocycles. The highest BCUT2D eigenvalue weighted by Gasteiger charge is 2.27. The molecular weight excluding hydrogens is 755 g/mol. The number of phosphoric acid groups is 1. The maximum absolute atomic E-state index is 12.4. The Hall–Kier alpha value is -1.55. The molecule has 0 saturated carbocycles. The van der Waals surface area contributed by atoms with Crippen LogP contribution in [-0.4, -0.2) is 65.7 Å². The fraction of sp³-hybridized carbons (Fsp3) is 0.872. The first kappa shape index (κ1) is 56.5. The molecule has 0 rings (SSSR count).